The standard InChI is InChI=1S/C15H20N2O2S/c1-11(2)17-8-4-6-12(17)14(18)16-10-15(3,19)13-7-5-9-20-13/h4-9,11,19H,10H2,1-3H3,(H,16,18). The van der Waals surface area contributed by atoms with E-state index in [1.807, 2.05) is 48.2 Å². The first-order chi connectivity index (χ1) is 9.42. The van der Waals surface area contributed by atoms with Crippen LogP contribution in [0.1, 0.15) is 42.2 Å². The number of hydrogen-bond donors (Lipinski definition) is 2. The second-order valence-corrected chi connectivity index (χ2v) is 6.28. The molecular formula is C15H20N2O2S. The Morgan fingerprint density at radius 2 is 2.20 bits per heavy atom. The topological polar surface area (TPSA) is 54.3 Å². The molecule has 1 amide bonds. The van der Waals surface area contributed by atoms with Gasteiger partial charge in [0.1, 0.15) is 11.3 Å². The number of rotatable bonds is 5. The molecule has 0 fully saturated rings. The van der Waals surface area contributed by atoms with Gasteiger partial charge in [-0.3, -0.25) is 4.79 Å². The first-order valence-corrected chi connectivity index (χ1v) is 7.51. The van der Waals surface area contributed by atoms with Gasteiger partial charge in [0, 0.05) is 17.1 Å². The summed E-state index contributed by atoms with van der Waals surface area (Å²) in [5.41, 5.74) is -0.430. The highest BCUT2D eigenvalue weighted by Gasteiger charge is 2.25. The van der Waals surface area contributed by atoms with E-state index in [2.05, 4.69) is 5.32 Å². The van der Waals surface area contributed by atoms with Gasteiger partial charge in [0.2, 0.25) is 0 Å². The molecule has 2 rings (SSSR count). The summed E-state index contributed by atoms with van der Waals surface area (Å²) >= 11 is 1.48. The number of hydrogen-bond acceptors (Lipinski definition) is 3. The third-order valence-electron chi connectivity index (χ3n) is 3.21. The van der Waals surface area contributed by atoms with Crippen LogP contribution >= 0.6 is 11.3 Å². The highest BCUT2D eigenvalue weighted by Crippen LogP contribution is 2.24. The summed E-state index contributed by atoms with van der Waals surface area (Å²) in [7, 11) is 0. The van der Waals surface area contributed by atoms with Crippen molar-refractivity contribution in [2.45, 2.75) is 32.4 Å². The molecule has 2 N–H and O–H groups in total. The summed E-state index contributed by atoms with van der Waals surface area (Å²) in [4.78, 5) is 13.1. The SMILES string of the molecule is CC(C)n1cccc1C(=O)NCC(C)(O)c1cccs1. The molecule has 108 valence electrons. The number of aliphatic hydroxyl groups is 1. The quantitative estimate of drug-likeness (QED) is 0.890. The molecule has 2 aromatic heterocycles. The normalized spacial score (nSPS) is 14.2. The van der Waals surface area contributed by atoms with Crippen LogP contribution in [-0.2, 0) is 5.60 Å². The molecule has 2 heterocycles. The fourth-order valence-electron chi connectivity index (χ4n) is 2.05. The van der Waals surface area contributed by atoms with Crippen LogP contribution < -0.4 is 5.32 Å². The van der Waals surface area contributed by atoms with Gasteiger partial charge in [-0.15, -0.1) is 11.3 Å². The second kappa shape index (κ2) is 5.81. The van der Waals surface area contributed by atoms with E-state index < -0.39 is 5.60 Å². The number of carbonyl (C=O) groups is 1. The van der Waals surface area contributed by atoms with Crippen LogP contribution in [0.2, 0.25) is 0 Å². The maximum absolute atomic E-state index is 12.2. The van der Waals surface area contributed by atoms with Crippen LogP contribution in [0.25, 0.3) is 0 Å². The van der Waals surface area contributed by atoms with Gasteiger partial charge >= 0.3 is 0 Å². The van der Waals surface area contributed by atoms with E-state index in [0.717, 1.165) is 4.88 Å². The molecule has 20 heavy (non-hydrogen) atoms. The van der Waals surface area contributed by atoms with E-state index in [0.29, 0.717) is 5.69 Å². The van der Waals surface area contributed by atoms with E-state index in [9.17, 15) is 9.90 Å². The summed E-state index contributed by atoms with van der Waals surface area (Å²) in [6.45, 7) is 5.95. The maximum atomic E-state index is 12.2. The minimum Gasteiger partial charge on any atom is -0.383 e. The number of carbonyl (C=O) groups excluding carboxylic acids is 1. The van der Waals surface area contributed by atoms with Crippen LogP contribution in [0.4, 0.5) is 0 Å². The maximum Gasteiger partial charge on any atom is 0.268 e. The Balaban J connectivity index is 2.04. The highest BCUT2D eigenvalue weighted by atomic mass is 32.1. The molecule has 1 atom stereocenters. The molecule has 2 aromatic rings. The lowest BCUT2D eigenvalue weighted by atomic mass is 10.1. The van der Waals surface area contributed by atoms with Gasteiger partial charge in [-0.25, -0.2) is 0 Å². The summed E-state index contributed by atoms with van der Waals surface area (Å²) in [6.07, 6.45) is 1.89. The molecule has 1 unspecified atom stereocenters. The molecule has 0 aliphatic carbocycles. The molecule has 5 heteroatoms. The zero-order valence-electron chi connectivity index (χ0n) is 12.0. The molecule has 4 nitrogen and oxygen atoms in total. The van der Waals surface area contributed by atoms with E-state index >= 15 is 0 Å². The number of aromatic nitrogens is 1. The smallest absolute Gasteiger partial charge is 0.268 e. The van der Waals surface area contributed by atoms with Crippen molar-refractivity contribution in [3.63, 3.8) is 0 Å². The molecule has 0 bridgehead atoms. The average Bonchev–Trinajstić information content (AvgIpc) is 3.06. The number of amides is 1. The Morgan fingerprint density at radius 1 is 1.45 bits per heavy atom. The van der Waals surface area contributed by atoms with E-state index in [1.165, 1.54) is 11.3 Å². The van der Waals surface area contributed by atoms with Crippen LogP contribution in [-0.4, -0.2) is 22.1 Å². The lowest BCUT2D eigenvalue weighted by Crippen LogP contribution is -2.38. The molecular weight excluding hydrogens is 272 g/mol. The summed E-state index contributed by atoms with van der Waals surface area (Å²) in [5, 5.41) is 15.1. The Morgan fingerprint density at radius 3 is 2.80 bits per heavy atom. The minimum atomic E-state index is -1.04. The Hall–Kier alpha value is -1.59. The van der Waals surface area contributed by atoms with Crippen molar-refractivity contribution in [1.82, 2.24) is 9.88 Å². The fraction of sp³-hybridized carbons (Fsp3) is 0.400. The number of nitrogens with one attached hydrogen (secondary N) is 1. The third kappa shape index (κ3) is 3.11. The minimum absolute atomic E-state index is 0.166. The predicted molar refractivity (Wildman–Crippen MR) is 81.0 cm³/mol. The molecule has 0 saturated carbocycles. The first kappa shape index (κ1) is 14.8. The van der Waals surface area contributed by atoms with Crippen LogP contribution in [0.3, 0.4) is 0 Å². The van der Waals surface area contributed by atoms with Gasteiger partial charge in [0.05, 0.1) is 6.54 Å². The van der Waals surface area contributed by atoms with Gasteiger partial charge in [-0.2, -0.15) is 0 Å². The lowest BCUT2D eigenvalue weighted by molar-refractivity contribution is 0.0553. The first-order valence-electron chi connectivity index (χ1n) is 6.63. The Kier molecular flexibility index (Phi) is 4.30. The fourth-order valence-corrected chi connectivity index (χ4v) is 2.84. The van der Waals surface area contributed by atoms with Gasteiger partial charge in [-0.05, 0) is 44.4 Å². The summed E-state index contributed by atoms with van der Waals surface area (Å²) < 4.78 is 1.91. The van der Waals surface area contributed by atoms with Gasteiger partial charge in [-0.1, -0.05) is 6.07 Å². The Bertz CT molecular complexity index is 570. The summed E-state index contributed by atoms with van der Waals surface area (Å²) in [5.74, 6) is -0.166. The molecule has 0 aliphatic rings. The van der Waals surface area contributed by atoms with Crippen molar-refractivity contribution in [2.24, 2.45) is 0 Å². The monoisotopic (exact) mass is 292 g/mol. The average molecular weight is 292 g/mol. The van der Waals surface area contributed by atoms with Crippen molar-refractivity contribution in [3.05, 3.63) is 46.4 Å². The van der Waals surface area contributed by atoms with E-state index in [1.54, 1.807) is 13.0 Å². The lowest BCUT2D eigenvalue weighted by Gasteiger charge is -2.22. The second-order valence-electron chi connectivity index (χ2n) is 5.33. The van der Waals surface area contributed by atoms with Gasteiger partial charge < -0.3 is 15.0 Å². The van der Waals surface area contributed by atoms with E-state index in [-0.39, 0.29) is 18.5 Å². The van der Waals surface area contributed by atoms with Crippen LogP contribution in [0.5, 0.6) is 0 Å². The van der Waals surface area contributed by atoms with Crippen molar-refractivity contribution >= 4 is 17.2 Å². The van der Waals surface area contributed by atoms with Gasteiger partial charge in [0.25, 0.3) is 5.91 Å². The van der Waals surface area contributed by atoms with Crippen molar-refractivity contribution in [1.29, 1.82) is 0 Å². The molecule has 0 aromatic carbocycles. The van der Waals surface area contributed by atoms with Crippen LogP contribution in [0.15, 0.2) is 35.8 Å². The third-order valence-corrected chi connectivity index (χ3v) is 4.34. The number of thiophene rings is 1. The van der Waals surface area contributed by atoms with Crippen molar-refractivity contribution in [3.8, 4) is 0 Å². The van der Waals surface area contributed by atoms with Crippen LogP contribution in [0, 0.1) is 0 Å². The number of nitrogens with zero attached hydrogens (tertiary/aromatic N) is 1. The van der Waals surface area contributed by atoms with Crippen molar-refractivity contribution in [2.75, 3.05) is 6.54 Å². The van der Waals surface area contributed by atoms with Gasteiger partial charge in [0.15, 0.2) is 0 Å². The molecule has 0 saturated heterocycles. The molecule has 0 spiro atoms. The summed E-state index contributed by atoms with van der Waals surface area (Å²) in [6, 6.07) is 7.62. The zero-order valence-corrected chi connectivity index (χ0v) is 12.8. The predicted octanol–water partition coefficient (Wildman–Crippen LogP) is 2.77. The Labute approximate surface area is 123 Å². The molecule has 0 aliphatic heterocycles. The zero-order chi connectivity index (χ0) is 14.8. The van der Waals surface area contributed by atoms with E-state index in [4.69, 9.17) is 0 Å². The molecule has 0 radical (unpaired) electrons. The largest absolute Gasteiger partial charge is 0.383 e. The highest BCUT2D eigenvalue weighted by molar-refractivity contribution is 7.10. The van der Waals surface area contributed by atoms with Crippen molar-refractivity contribution < 1.29 is 9.90 Å².